The minimum absolute atomic E-state index is 0.188. The molecule has 1 aromatic rings. The van der Waals surface area contributed by atoms with Crippen LogP contribution in [-0.4, -0.2) is 24.3 Å². The molecule has 94 valence electrons. The monoisotopic (exact) mass is 242 g/mol. The highest BCUT2D eigenvalue weighted by atomic mass is 19.1. The first-order valence-electron chi connectivity index (χ1n) is 5.30. The number of rotatable bonds is 5. The van der Waals surface area contributed by atoms with Crippen molar-refractivity contribution in [1.82, 2.24) is 0 Å². The standard InChI is InChI=1S/C12H15FO4/c1-3-16-12(15)7-17-9-4-5-10(8(2)14)11(13)6-9/h4-6,8,14H,3,7H2,1-2H3/t8-/m1/s1. The van der Waals surface area contributed by atoms with Crippen LogP contribution in [0.5, 0.6) is 5.75 Å². The van der Waals surface area contributed by atoms with Crippen molar-refractivity contribution in [3.8, 4) is 5.75 Å². The fraction of sp³-hybridized carbons (Fsp3) is 0.417. The van der Waals surface area contributed by atoms with Gasteiger partial charge in [-0.25, -0.2) is 9.18 Å². The second kappa shape index (κ2) is 6.20. The Kier molecular flexibility index (Phi) is 4.90. The lowest BCUT2D eigenvalue weighted by Gasteiger charge is -2.09. The van der Waals surface area contributed by atoms with E-state index in [0.717, 1.165) is 6.07 Å². The Morgan fingerprint density at radius 2 is 2.24 bits per heavy atom. The number of hydrogen-bond donors (Lipinski definition) is 1. The minimum atomic E-state index is -0.880. The van der Waals surface area contributed by atoms with Gasteiger partial charge < -0.3 is 14.6 Å². The summed E-state index contributed by atoms with van der Waals surface area (Å²) in [5, 5.41) is 9.23. The van der Waals surface area contributed by atoms with Gasteiger partial charge in [0.05, 0.1) is 12.7 Å². The van der Waals surface area contributed by atoms with E-state index < -0.39 is 17.9 Å². The number of benzene rings is 1. The van der Waals surface area contributed by atoms with E-state index in [9.17, 15) is 14.3 Å². The van der Waals surface area contributed by atoms with Crippen molar-refractivity contribution in [2.45, 2.75) is 20.0 Å². The summed E-state index contributed by atoms with van der Waals surface area (Å²) in [5.41, 5.74) is 0.188. The van der Waals surface area contributed by atoms with Gasteiger partial charge in [-0.1, -0.05) is 0 Å². The zero-order valence-electron chi connectivity index (χ0n) is 9.77. The molecule has 0 aromatic heterocycles. The third kappa shape index (κ3) is 4.03. The van der Waals surface area contributed by atoms with Gasteiger partial charge in [0.25, 0.3) is 0 Å². The second-order valence-corrected chi connectivity index (χ2v) is 3.45. The van der Waals surface area contributed by atoms with E-state index in [2.05, 4.69) is 4.74 Å². The summed E-state index contributed by atoms with van der Waals surface area (Å²) in [5.74, 6) is -0.853. The molecule has 0 saturated heterocycles. The molecule has 1 atom stereocenters. The first-order valence-corrected chi connectivity index (χ1v) is 5.30. The van der Waals surface area contributed by atoms with E-state index in [4.69, 9.17) is 4.74 Å². The molecule has 0 radical (unpaired) electrons. The second-order valence-electron chi connectivity index (χ2n) is 3.45. The zero-order chi connectivity index (χ0) is 12.8. The zero-order valence-corrected chi connectivity index (χ0v) is 9.77. The predicted molar refractivity (Wildman–Crippen MR) is 59.2 cm³/mol. The molecule has 0 aliphatic heterocycles. The lowest BCUT2D eigenvalue weighted by Crippen LogP contribution is -2.14. The van der Waals surface area contributed by atoms with E-state index in [1.807, 2.05) is 0 Å². The molecule has 0 heterocycles. The van der Waals surface area contributed by atoms with Crippen molar-refractivity contribution in [3.05, 3.63) is 29.6 Å². The number of carbonyl (C=O) groups is 1. The van der Waals surface area contributed by atoms with Crippen molar-refractivity contribution in [2.24, 2.45) is 0 Å². The van der Waals surface area contributed by atoms with Gasteiger partial charge in [0.1, 0.15) is 11.6 Å². The molecule has 0 unspecified atom stereocenters. The smallest absolute Gasteiger partial charge is 0.344 e. The van der Waals surface area contributed by atoms with Crippen LogP contribution in [0.4, 0.5) is 4.39 Å². The molecule has 17 heavy (non-hydrogen) atoms. The molecule has 0 amide bonds. The number of carbonyl (C=O) groups excluding carboxylic acids is 1. The van der Waals surface area contributed by atoms with Gasteiger partial charge >= 0.3 is 5.97 Å². The minimum Gasteiger partial charge on any atom is -0.482 e. The highest BCUT2D eigenvalue weighted by Gasteiger charge is 2.10. The van der Waals surface area contributed by atoms with Gasteiger partial charge in [-0.2, -0.15) is 0 Å². The highest BCUT2D eigenvalue weighted by molar-refractivity contribution is 5.71. The molecule has 1 rings (SSSR count). The molecule has 0 fully saturated rings. The molecular weight excluding hydrogens is 227 g/mol. The normalized spacial score (nSPS) is 12.0. The summed E-state index contributed by atoms with van der Waals surface area (Å²) in [6.45, 7) is 3.17. The maximum absolute atomic E-state index is 13.4. The molecular formula is C12H15FO4. The van der Waals surface area contributed by atoms with Crippen LogP contribution in [0, 0.1) is 5.82 Å². The molecule has 0 bridgehead atoms. The molecule has 0 aliphatic rings. The van der Waals surface area contributed by atoms with Gasteiger partial charge in [-0.15, -0.1) is 0 Å². The molecule has 0 spiro atoms. The van der Waals surface area contributed by atoms with Gasteiger partial charge in [-0.05, 0) is 26.0 Å². The first-order chi connectivity index (χ1) is 8.04. The van der Waals surface area contributed by atoms with Crippen LogP contribution in [0.25, 0.3) is 0 Å². The molecule has 1 aromatic carbocycles. The maximum Gasteiger partial charge on any atom is 0.344 e. The Morgan fingerprint density at radius 1 is 1.53 bits per heavy atom. The lowest BCUT2D eigenvalue weighted by molar-refractivity contribution is -0.145. The van der Waals surface area contributed by atoms with Crippen molar-refractivity contribution >= 4 is 5.97 Å². The fourth-order valence-corrected chi connectivity index (χ4v) is 1.28. The highest BCUT2D eigenvalue weighted by Crippen LogP contribution is 2.21. The third-order valence-corrected chi connectivity index (χ3v) is 2.08. The van der Waals surface area contributed by atoms with Crippen LogP contribution < -0.4 is 4.74 Å². The SMILES string of the molecule is CCOC(=O)COc1ccc([C@@H](C)O)c(F)c1. The quantitative estimate of drug-likeness (QED) is 0.800. The third-order valence-electron chi connectivity index (χ3n) is 2.08. The van der Waals surface area contributed by atoms with Gasteiger partial charge in [0.15, 0.2) is 6.61 Å². The Balaban J connectivity index is 2.62. The van der Waals surface area contributed by atoms with Crippen molar-refractivity contribution < 1.29 is 23.8 Å². The van der Waals surface area contributed by atoms with Crippen LogP contribution in [0.3, 0.4) is 0 Å². The summed E-state index contributed by atoms with van der Waals surface area (Å²) in [4.78, 5) is 11.0. The molecule has 4 nitrogen and oxygen atoms in total. The van der Waals surface area contributed by atoms with Crippen LogP contribution in [-0.2, 0) is 9.53 Å². The summed E-state index contributed by atoms with van der Waals surface area (Å²) in [7, 11) is 0. The van der Waals surface area contributed by atoms with Crippen molar-refractivity contribution in [2.75, 3.05) is 13.2 Å². The summed E-state index contributed by atoms with van der Waals surface area (Å²) in [6, 6.07) is 4.03. The van der Waals surface area contributed by atoms with Crippen LogP contribution in [0.2, 0.25) is 0 Å². The largest absolute Gasteiger partial charge is 0.482 e. The van der Waals surface area contributed by atoms with E-state index in [-0.39, 0.29) is 24.5 Å². The maximum atomic E-state index is 13.4. The Morgan fingerprint density at radius 3 is 2.76 bits per heavy atom. The first kappa shape index (κ1) is 13.4. The molecule has 0 saturated carbocycles. The van der Waals surface area contributed by atoms with E-state index in [1.54, 1.807) is 6.92 Å². The van der Waals surface area contributed by atoms with Crippen LogP contribution >= 0.6 is 0 Å². The Hall–Kier alpha value is -1.62. The van der Waals surface area contributed by atoms with Crippen LogP contribution in [0.1, 0.15) is 25.5 Å². The van der Waals surface area contributed by atoms with E-state index >= 15 is 0 Å². The van der Waals surface area contributed by atoms with Crippen LogP contribution in [0.15, 0.2) is 18.2 Å². The fourth-order valence-electron chi connectivity index (χ4n) is 1.28. The summed E-state index contributed by atoms with van der Waals surface area (Å²) in [6.07, 6.45) is -0.880. The number of aliphatic hydroxyl groups is 1. The average molecular weight is 242 g/mol. The van der Waals surface area contributed by atoms with Gasteiger partial charge in [0, 0.05) is 11.6 Å². The number of ether oxygens (including phenoxy) is 2. The number of halogens is 1. The van der Waals surface area contributed by atoms with E-state index in [0.29, 0.717) is 0 Å². The predicted octanol–water partition coefficient (Wildman–Crippen LogP) is 1.82. The number of hydrogen-bond acceptors (Lipinski definition) is 4. The van der Waals surface area contributed by atoms with E-state index in [1.165, 1.54) is 19.1 Å². The summed E-state index contributed by atoms with van der Waals surface area (Å²) < 4.78 is 23.1. The van der Waals surface area contributed by atoms with Gasteiger partial charge in [0.2, 0.25) is 0 Å². The van der Waals surface area contributed by atoms with Gasteiger partial charge in [-0.3, -0.25) is 0 Å². The summed E-state index contributed by atoms with van der Waals surface area (Å²) >= 11 is 0. The molecule has 1 N–H and O–H groups in total. The lowest BCUT2D eigenvalue weighted by atomic mass is 10.1. The Labute approximate surface area is 99.0 Å². The average Bonchev–Trinajstić information content (AvgIpc) is 2.26. The number of esters is 1. The molecule has 0 aliphatic carbocycles. The van der Waals surface area contributed by atoms with Crippen molar-refractivity contribution in [3.63, 3.8) is 0 Å². The number of aliphatic hydroxyl groups excluding tert-OH is 1. The topological polar surface area (TPSA) is 55.8 Å². The molecule has 5 heteroatoms. The Bertz CT molecular complexity index is 390. The van der Waals surface area contributed by atoms with Crippen molar-refractivity contribution in [1.29, 1.82) is 0 Å².